The Bertz CT molecular complexity index is 1370. The van der Waals surface area contributed by atoms with E-state index in [0.29, 0.717) is 33.1 Å². The molecule has 8 heteroatoms. The van der Waals surface area contributed by atoms with Crippen molar-refractivity contribution in [3.05, 3.63) is 112 Å². The summed E-state index contributed by atoms with van der Waals surface area (Å²) in [6.07, 6.45) is 0.0799. The van der Waals surface area contributed by atoms with Gasteiger partial charge in [-0.3, -0.25) is 9.59 Å². The molecule has 0 saturated carbocycles. The van der Waals surface area contributed by atoms with Gasteiger partial charge in [0, 0.05) is 34.3 Å². The molecule has 3 aromatic rings. The quantitative estimate of drug-likeness (QED) is 0.383. The van der Waals surface area contributed by atoms with Crippen molar-refractivity contribution < 1.29 is 23.5 Å². The van der Waals surface area contributed by atoms with Gasteiger partial charge < -0.3 is 15.0 Å². The third-order valence-corrected chi connectivity index (χ3v) is 6.44. The lowest BCUT2D eigenvalue weighted by atomic mass is 9.83. The Labute approximate surface area is 219 Å². The third kappa shape index (κ3) is 6.06. The lowest BCUT2D eigenvalue weighted by Gasteiger charge is -2.34. The van der Waals surface area contributed by atoms with Crippen LogP contribution in [0.3, 0.4) is 0 Å². The van der Waals surface area contributed by atoms with Crippen LogP contribution >= 0.6 is 11.6 Å². The largest absolute Gasteiger partial charge is 0.463 e. The van der Waals surface area contributed by atoms with Crippen molar-refractivity contribution in [2.24, 2.45) is 0 Å². The number of nitrogens with zero attached hydrogens (tertiary/aromatic N) is 1. The van der Waals surface area contributed by atoms with Crippen molar-refractivity contribution in [3.63, 3.8) is 0 Å². The minimum atomic E-state index is -0.477. The second-order valence-corrected chi connectivity index (χ2v) is 9.11. The van der Waals surface area contributed by atoms with E-state index in [2.05, 4.69) is 5.32 Å². The highest BCUT2D eigenvalue weighted by Crippen LogP contribution is 2.38. The number of hydrogen-bond donors (Lipinski definition) is 1. The molecule has 0 aliphatic carbocycles. The van der Waals surface area contributed by atoms with Gasteiger partial charge in [0.1, 0.15) is 5.82 Å². The van der Waals surface area contributed by atoms with Crippen LogP contribution in [0.1, 0.15) is 47.7 Å². The number of carbonyl (C=O) groups is 3. The van der Waals surface area contributed by atoms with Crippen LogP contribution in [0, 0.1) is 5.82 Å². The van der Waals surface area contributed by atoms with E-state index in [9.17, 15) is 18.8 Å². The fourth-order valence-corrected chi connectivity index (χ4v) is 4.61. The van der Waals surface area contributed by atoms with Crippen LogP contribution in [-0.4, -0.2) is 29.3 Å². The molecule has 4 rings (SSSR count). The highest BCUT2D eigenvalue weighted by Gasteiger charge is 2.37. The van der Waals surface area contributed by atoms with E-state index in [4.69, 9.17) is 16.3 Å². The second-order valence-electron chi connectivity index (χ2n) is 8.67. The fourth-order valence-electron chi connectivity index (χ4n) is 4.41. The summed E-state index contributed by atoms with van der Waals surface area (Å²) in [5.41, 5.74) is 3.24. The van der Waals surface area contributed by atoms with Gasteiger partial charge in [0.05, 0.1) is 18.7 Å². The van der Waals surface area contributed by atoms with Gasteiger partial charge in [-0.05, 0) is 73.5 Å². The molecule has 1 aliphatic rings. The first-order chi connectivity index (χ1) is 17.8. The number of esters is 1. The van der Waals surface area contributed by atoms with E-state index in [1.54, 1.807) is 55.1 Å². The molecule has 6 nitrogen and oxygen atoms in total. The van der Waals surface area contributed by atoms with E-state index in [0.717, 1.165) is 5.56 Å². The monoisotopic (exact) mass is 520 g/mol. The number of nitrogens with one attached hydrogen (secondary N) is 1. The van der Waals surface area contributed by atoms with Crippen molar-refractivity contribution in [2.45, 2.75) is 32.7 Å². The Morgan fingerprint density at radius 3 is 2.51 bits per heavy atom. The maximum absolute atomic E-state index is 13.3. The minimum Gasteiger partial charge on any atom is -0.463 e. The summed E-state index contributed by atoms with van der Waals surface area (Å²) in [7, 11) is 0. The van der Waals surface area contributed by atoms with Crippen molar-refractivity contribution >= 4 is 35.1 Å². The number of carbonyl (C=O) groups excluding carboxylic acids is 3. The third-order valence-electron chi connectivity index (χ3n) is 6.20. The van der Waals surface area contributed by atoms with Crippen molar-refractivity contribution in [1.82, 2.24) is 4.90 Å². The number of benzene rings is 3. The zero-order valence-electron chi connectivity index (χ0n) is 20.5. The van der Waals surface area contributed by atoms with Gasteiger partial charge in [-0.15, -0.1) is 0 Å². The average molecular weight is 521 g/mol. The van der Waals surface area contributed by atoms with Gasteiger partial charge in [0.2, 0.25) is 5.91 Å². The molecule has 1 heterocycles. The van der Waals surface area contributed by atoms with E-state index in [1.807, 2.05) is 12.1 Å². The van der Waals surface area contributed by atoms with E-state index < -0.39 is 17.7 Å². The second kappa shape index (κ2) is 11.4. The molecule has 0 spiro atoms. The topological polar surface area (TPSA) is 75.7 Å². The summed E-state index contributed by atoms with van der Waals surface area (Å²) in [4.78, 5) is 40.6. The van der Waals surface area contributed by atoms with Crippen molar-refractivity contribution in [3.8, 4) is 0 Å². The molecule has 0 radical (unpaired) electrons. The zero-order valence-corrected chi connectivity index (χ0v) is 21.2. The van der Waals surface area contributed by atoms with Crippen LogP contribution in [0.2, 0.25) is 5.02 Å². The molecule has 1 aliphatic heterocycles. The number of rotatable bonds is 7. The average Bonchev–Trinajstić information content (AvgIpc) is 2.88. The molecule has 3 aromatic carbocycles. The number of allylic oxidation sites excluding steroid dienone is 1. The fraction of sp³-hybridized carbons (Fsp3) is 0.207. The number of amides is 2. The number of hydrogen-bond acceptors (Lipinski definition) is 4. The zero-order chi connectivity index (χ0) is 26.5. The molecule has 0 bridgehead atoms. The summed E-state index contributed by atoms with van der Waals surface area (Å²) in [5.74, 6) is -1.87. The Morgan fingerprint density at radius 1 is 1.08 bits per heavy atom. The first-order valence-corrected chi connectivity index (χ1v) is 12.2. The SMILES string of the molecule is CCOC(=O)C1=C(C)N(Cc2cccc(C(=O)Nc3ccc(F)cc3)c2)C(=O)CC1c1cccc(Cl)c1. The summed E-state index contributed by atoms with van der Waals surface area (Å²) < 4.78 is 18.5. The molecule has 190 valence electrons. The predicted molar refractivity (Wildman–Crippen MR) is 139 cm³/mol. The number of ether oxygens (including phenoxy) is 1. The Balaban J connectivity index is 1.61. The molecule has 1 N–H and O–H groups in total. The maximum Gasteiger partial charge on any atom is 0.336 e. The lowest BCUT2D eigenvalue weighted by molar-refractivity contribution is -0.140. The molecule has 2 amide bonds. The Morgan fingerprint density at radius 2 is 1.81 bits per heavy atom. The number of anilines is 1. The first kappa shape index (κ1) is 26.1. The molecular weight excluding hydrogens is 495 g/mol. The molecule has 1 unspecified atom stereocenters. The lowest BCUT2D eigenvalue weighted by Crippen LogP contribution is -2.38. The summed E-state index contributed by atoms with van der Waals surface area (Å²) in [5, 5.41) is 3.25. The van der Waals surface area contributed by atoms with Crippen molar-refractivity contribution in [1.29, 1.82) is 0 Å². The molecule has 0 fully saturated rings. The maximum atomic E-state index is 13.3. The highest BCUT2D eigenvalue weighted by molar-refractivity contribution is 6.30. The van der Waals surface area contributed by atoms with Crippen LogP contribution in [0.15, 0.2) is 84.1 Å². The molecule has 37 heavy (non-hydrogen) atoms. The summed E-state index contributed by atoms with van der Waals surface area (Å²) in [6, 6.07) is 19.5. The molecule has 0 saturated heterocycles. The van der Waals surface area contributed by atoms with Crippen LogP contribution in [-0.2, 0) is 20.9 Å². The normalized spacial score (nSPS) is 15.5. The predicted octanol–water partition coefficient (Wildman–Crippen LogP) is 6.08. The van der Waals surface area contributed by atoms with Gasteiger partial charge in [-0.25, -0.2) is 9.18 Å². The van der Waals surface area contributed by atoms with Gasteiger partial charge in [-0.1, -0.05) is 35.9 Å². The van der Waals surface area contributed by atoms with Crippen LogP contribution < -0.4 is 5.32 Å². The summed E-state index contributed by atoms with van der Waals surface area (Å²) >= 11 is 6.18. The van der Waals surface area contributed by atoms with Gasteiger partial charge in [0.25, 0.3) is 5.91 Å². The Hall–Kier alpha value is -3.97. The van der Waals surface area contributed by atoms with E-state index in [-0.39, 0.29) is 31.4 Å². The van der Waals surface area contributed by atoms with Crippen LogP contribution in [0.5, 0.6) is 0 Å². The highest BCUT2D eigenvalue weighted by atomic mass is 35.5. The number of halogens is 2. The van der Waals surface area contributed by atoms with Crippen LogP contribution in [0.4, 0.5) is 10.1 Å². The Kier molecular flexibility index (Phi) is 8.04. The van der Waals surface area contributed by atoms with Gasteiger partial charge >= 0.3 is 5.97 Å². The van der Waals surface area contributed by atoms with Crippen molar-refractivity contribution in [2.75, 3.05) is 11.9 Å². The van der Waals surface area contributed by atoms with E-state index in [1.165, 1.54) is 24.3 Å². The van der Waals surface area contributed by atoms with E-state index >= 15 is 0 Å². The van der Waals surface area contributed by atoms with Gasteiger partial charge in [-0.2, -0.15) is 0 Å². The molecular formula is C29H26ClFN2O4. The van der Waals surface area contributed by atoms with Gasteiger partial charge in [0.15, 0.2) is 0 Å². The molecule has 1 atom stereocenters. The minimum absolute atomic E-state index is 0.0799. The summed E-state index contributed by atoms with van der Waals surface area (Å²) in [6.45, 7) is 3.84. The van der Waals surface area contributed by atoms with Crippen LogP contribution in [0.25, 0.3) is 0 Å². The smallest absolute Gasteiger partial charge is 0.336 e. The first-order valence-electron chi connectivity index (χ1n) is 11.9. The standard InChI is InChI=1S/C29H26ClFN2O4/c1-3-37-29(36)27-18(2)33(26(34)16-25(27)20-7-5-9-22(30)15-20)17-19-6-4-8-21(14-19)28(35)32-24-12-10-23(31)11-13-24/h4-15,25H,3,16-17H2,1-2H3,(H,32,35). The molecule has 0 aromatic heterocycles.